The number of carbonyl (C=O) groups excluding carboxylic acids is 1. The molecule has 2 atom stereocenters. The molecule has 2 N–H and O–H groups in total. The van der Waals surface area contributed by atoms with Crippen molar-refractivity contribution in [3.8, 4) is 0 Å². The number of hydrogen-bond acceptors (Lipinski definition) is 2. The van der Waals surface area contributed by atoms with E-state index in [0.717, 1.165) is 23.3 Å². The number of amides is 1. The molecule has 152 valence electrons. The Labute approximate surface area is 174 Å². The maximum absolute atomic E-state index is 14.4. The van der Waals surface area contributed by atoms with E-state index in [9.17, 15) is 13.6 Å². The molecule has 5 heteroatoms. The van der Waals surface area contributed by atoms with Gasteiger partial charge in [-0.1, -0.05) is 66.7 Å². The predicted molar refractivity (Wildman–Crippen MR) is 113 cm³/mol. The van der Waals surface area contributed by atoms with Crippen molar-refractivity contribution < 1.29 is 13.6 Å². The van der Waals surface area contributed by atoms with Crippen molar-refractivity contribution in [2.45, 2.75) is 18.5 Å². The van der Waals surface area contributed by atoms with Gasteiger partial charge in [-0.3, -0.25) is 4.79 Å². The molecule has 3 aromatic carbocycles. The molecule has 0 fully saturated rings. The standard InChI is InChI=1S/C25H22F2N2O/c26-20-11-12-22(27)21(15-20)19-14-24(18-9-5-2-6-10-18)29(16-19)25(30)23(28)13-17-7-3-1-4-8-17/h1-12,14-15,23-24H,13,16,28H2/t23-,24?/m0/s1. The molecule has 1 heterocycles. The third-order valence-electron chi connectivity index (χ3n) is 5.35. The van der Waals surface area contributed by atoms with E-state index in [4.69, 9.17) is 5.73 Å². The average Bonchev–Trinajstić information content (AvgIpc) is 3.21. The van der Waals surface area contributed by atoms with E-state index in [2.05, 4.69) is 0 Å². The SMILES string of the molecule is N[C@@H](Cc1ccccc1)C(=O)N1CC(c2cc(F)ccc2F)=CC1c1ccccc1. The van der Waals surface area contributed by atoms with Crippen molar-refractivity contribution in [1.29, 1.82) is 0 Å². The monoisotopic (exact) mass is 404 g/mol. The van der Waals surface area contributed by atoms with Crippen LogP contribution < -0.4 is 5.73 Å². The number of carbonyl (C=O) groups is 1. The predicted octanol–water partition coefficient (Wildman–Crippen LogP) is 4.50. The first-order valence-electron chi connectivity index (χ1n) is 9.84. The fourth-order valence-corrected chi connectivity index (χ4v) is 3.84. The van der Waals surface area contributed by atoms with Crippen LogP contribution in [-0.4, -0.2) is 23.4 Å². The van der Waals surface area contributed by atoms with E-state index in [-0.39, 0.29) is 18.0 Å². The molecule has 1 aliphatic rings. The first-order valence-corrected chi connectivity index (χ1v) is 9.84. The molecule has 0 spiro atoms. The summed E-state index contributed by atoms with van der Waals surface area (Å²) in [6.07, 6.45) is 2.22. The fourth-order valence-electron chi connectivity index (χ4n) is 3.84. The van der Waals surface area contributed by atoms with Gasteiger partial charge in [0.15, 0.2) is 0 Å². The van der Waals surface area contributed by atoms with Crippen LogP contribution in [-0.2, 0) is 11.2 Å². The third kappa shape index (κ3) is 4.16. The van der Waals surface area contributed by atoms with Crippen LogP contribution in [0.5, 0.6) is 0 Å². The number of nitrogens with zero attached hydrogens (tertiary/aromatic N) is 1. The van der Waals surface area contributed by atoms with Crippen LogP contribution in [0.4, 0.5) is 8.78 Å². The topological polar surface area (TPSA) is 46.3 Å². The van der Waals surface area contributed by atoms with Gasteiger partial charge in [-0.2, -0.15) is 0 Å². The van der Waals surface area contributed by atoms with Gasteiger partial charge in [0.25, 0.3) is 0 Å². The van der Waals surface area contributed by atoms with Crippen LogP contribution in [0.1, 0.15) is 22.7 Å². The molecule has 3 nitrogen and oxygen atoms in total. The number of halogens is 2. The third-order valence-corrected chi connectivity index (χ3v) is 5.35. The summed E-state index contributed by atoms with van der Waals surface area (Å²) in [7, 11) is 0. The second-order valence-corrected chi connectivity index (χ2v) is 7.43. The van der Waals surface area contributed by atoms with Crippen LogP contribution in [0.25, 0.3) is 5.57 Å². The molecule has 3 aromatic rings. The molecule has 30 heavy (non-hydrogen) atoms. The number of hydrogen-bond donors (Lipinski definition) is 1. The van der Waals surface area contributed by atoms with Gasteiger partial charge in [-0.15, -0.1) is 0 Å². The lowest BCUT2D eigenvalue weighted by Crippen LogP contribution is -2.45. The minimum atomic E-state index is -0.733. The quantitative estimate of drug-likeness (QED) is 0.681. The molecule has 0 aromatic heterocycles. The van der Waals surface area contributed by atoms with E-state index in [0.29, 0.717) is 12.0 Å². The van der Waals surface area contributed by atoms with E-state index < -0.39 is 23.7 Å². The Morgan fingerprint density at radius 2 is 1.67 bits per heavy atom. The second kappa shape index (κ2) is 8.59. The van der Waals surface area contributed by atoms with E-state index in [1.54, 1.807) is 4.90 Å². The summed E-state index contributed by atoms with van der Waals surface area (Å²) in [6, 6.07) is 21.3. The minimum absolute atomic E-state index is 0.168. The molecule has 0 bridgehead atoms. The molecular formula is C25H22F2N2O. The highest BCUT2D eigenvalue weighted by Gasteiger charge is 2.34. The second-order valence-electron chi connectivity index (χ2n) is 7.43. The largest absolute Gasteiger partial charge is 0.326 e. The maximum Gasteiger partial charge on any atom is 0.240 e. The minimum Gasteiger partial charge on any atom is -0.326 e. The molecule has 0 aliphatic carbocycles. The summed E-state index contributed by atoms with van der Waals surface area (Å²) >= 11 is 0. The average molecular weight is 404 g/mol. The van der Waals surface area contributed by atoms with Crippen LogP contribution in [0.2, 0.25) is 0 Å². The molecular weight excluding hydrogens is 382 g/mol. The van der Waals surface area contributed by atoms with Gasteiger partial charge in [0.2, 0.25) is 5.91 Å². The highest BCUT2D eigenvalue weighted by atomic mass is 19.1. The maximum atomic E-state index is 14.4. The zero-order valence-electron chi connectivity index (χ0n) is 16.3. The highest BCUT2D eigenvalue weighted by Crippen LogP contribution is 2.36. The zero-order chi connectivity index (χ0) is 21.1. The number of benzene rings is 3. The number of nitrogens with two attached hydrogens (primary N) is 1. The van der Waals surface area contributed by atoms with Crippen molar-refractivity contribution in [3.63, 3.8) is 0 Å². The summed E-state index contributed by atoms with van der Waals surface area (Å²) in [4.78, 5) is 14.9. The zero-order valence-corrected chi connectivity index (χ0v) is 16.3. The Bertz CT molecular complexity index is 1070. The van der Waals surface area contributed by atoms with Gasteiger partial charge >= 0.3 is 0 Å². The van der Waals surface area contributed by atoms with E-state index >= 15 is 0 Å². The Balaban J connectivity index is 1.64. The van der Waals surface area contributed by atoms with Gasteiger partial charge < -0.3 is 10.6 Å². The van der Waals surface area contributed by atoms with Crippen molar-refractivity contribution >= 4 is 11.5 Å². The van der Waals surface area contributed by atoms with Crippen molar-refractivity contribution in [1.82, 2.24) is 4.90 Å². The summed E-state index contributed by atoms with van der Waals surface area (Å²) in [5.74, 6) is -1.26. The number of rotatable bonds is 5. The van der Waals surface area contributed by atoms with Gasteiger partial charge in [-0.25, -0.2) is 8.78 Å². The first kappa shape index (κ1) is 20.0. The Morgan fingerprint density at radius 1 is 1.00 bits per heavy atom. The molecule has 1 amide bonds. The lowest BCUT2D eigenvalue weighted by Gasteiger charge is -2.28. The molecule has 1 unspecified atom stereocenters. The summed E-state index contributed by atoms with van der Waals surface area (Å²) in [5, 5.41) is 0. The van der Waals surface area contributed by atoms with Crippen molar-refractivity contribution in [2.24, 2.45) is 5.73 Å². The molecule has 0 radical (unpaired) electrons. The van der Waals surface area contributed by atoms with Crippen LogP contribution in [0.15, 0.2) is 84.9 Å². The van der Waals surface area contributed by atoms with Gasteiger partial charge in [0.05, 0.1) is 12.1 Å². The Kier molecular flexibility index (Phi) is 5.72. The van der Waals surface area contributed by atoms with Gasteiger partial charge in [-0.05, 0) is 41.3 Å². The Hall–Kier alpha value is -3.31. The molecule has 0 saturated carbocycles. The van der Waals surface area contributed by atoms with Crippen LogP contribution in [0, 0.1) is 11.6 Å². The van der Waals surface area contributed by atoms with Crippen LogP contribution >= 0.6 is 0 Å². The van der Waals surface area contributed by atoms with Crippen molar-refractivity contribution in [2.75, 3.05) is 6.54 Å². The smallest absolute Gasteiger partial charge is 0.240 e. The highest BCUT2D eigenvalue weighted by molar-refractivity contribution is 5.87. The summed E-state index contributed by atoms with van der Waals surface area (Å²) < 4.78 is 28.1. The normalized spacial score (nSPS) is 17.0. The van der Waals surface area contributed by atoms with Crippen LogP contribution in [0.3, 0.4) is 0 Å². The fraction of sp³-hybridized carbons (Fsp3) is 0.160. The Morgan fingerprint density at radius 3 is 2.37 bits per heavy atom. The molecule has 1 aliphatic heterocycles. The lowest BCUT2D eigenvalue weighted by molar-refractivity contribution is -0.133. The first-order chi connectivity index (χ1) is 14.5. The summed E-state index contributed by atoms with van der Waals surface area (Å²) in [5.41, 5.74) is 8.86. The molecule has 0 saturated heterocycles. The molecule has 4 rings (SSSR count). The van der Waals surface area contributed by atoms with Gasteiger partial charge in [0, 0.05) is 12.1 Å². The van der Waals surface area contributed by atoms with Gasteiger partial charge in [0.1, 0.15) is 11.6 Å². The van der Waals surface area contributed by atoms with Crippen molar-refractivity contribution in [3.05, 3.63) is 113 Å². The summed E-state index contributed by atoms with van der Waals surface area (Å²) in [6.45, 7) is 0.168. The lowest BCUT2D eigenvalue weighted by atomic mass is 10.0. The van der Waals surface area contributed by atoms with E-state index in [1.807, 2.05) is 66.7 Å². The van der Waals surface area contributed by atoms with E-state index in [1.165, 1.54) is 6.07 Å².